The van der Waals surface area contributed by atoms with Gasteiger partial charge in [-0.05, 0) is 25.8 Å². The summed E-state index contributed by atoms with van der Waals surface area (Å²) in [5.74, 6) is 0.752. The van der Waals surface area contributed by atoms with Gasteiger partial charge in [-0.2, -0.15) is 0 Å². The molecule has 1 aliphatic rings. The van der Waals surface area contributed by atoms with Crippen LogP contribution in [0.1, 0.15) is 19.3 Å². The molecule has 0 amide bonds. The lowest BCUT2D eigenvalue weighted by atomic mass is 10.1. The van der Waals surface area contributed by atoms with Crippen molar-refractivity contribution in [1.82, 2.24) is 0 Å². The Morgan fingerprint density at radius 1 is 1.70 bits per heavy atom. The maximum absolute atomic E-state index is 11.2. The molecule has 1 rings (SSSR count). The zero-order valence-corrected chi connectivity index (χ0v) is 6.82. The van der Waals surface area contributed by atoms with Gasteiger partial charge >= 0.3 is 0 Å². The molecule has 0 heterocycles. The summed E-state index contributed by atoms with van der Waals surface area (Å²) in [6, 6.07) is 0. The topological polar surface area (TPSA) is 43.1 Å². The molecular weight excluding hydrogens is 146 g/mol. The first-order chi connectivity index (χ1) is 4.84. The fourth-order valence-electron chi connectivity index (χ4n) is 0.814. The highest BCUT2D eigenvalue weighted by molar-refractivity contribution is 7.89. The van der Waals surface area contributed by atoms with Crippen molar-refractivity contribution in [2.75, 3.05) is 12.3 Å². The Hall–Kier alpha value is -0.150. The van der Waals surface area contributed by atoms with Gasteiger partial charge in [0, 0.05) is 21.5 Å². The molecule has 1 unspecified atom stereocenters. The van der Waals surface area contributed by atoms with Crippen LogP contribution in [0.4, 0.5) is 0 Å². The predicted molar refractivity (Wildman–Crippen MR) is 44.0 cm³/mol. The highest BCUT2D eigenvalue weighted by atomic mass is 32.2. The fraction of sp³-hybridized carbons (Fsp3) is 0.714. The monoisotopic (exact) mass is 159 g/mol. The van der Waals surface area contributed by atoms with E-state index in [1.54, 1.807) is 0 Å². The first kappa shape index (κ1) is 7.95. The van der Waals surface area contributed by atoms with Crippen LogP contribution in [0.3, 0.4) is 0 Å². The van der Waals surface area contributed by atoms with Gasteiger partial charge in [-0.25, -0.2) is 0 Å². The molecule has 2 nitrogen and oxygen atoms in total. The van der Waals surface area contributed by atoms with E-state index in [0.29, 0.717) is 6.54 Å². The van der Waals surface area contributed by atoms with Crippen molar-refractivity contribution in [3.05, 3.63) is 11.0 Å². The molecule has 0 spiro atoms. The average molecular weight is 159 g/mol. The molecule has 10 heavy (non-hydrogen) atoms. The Labute approximate surface area is 63.9 Å². The molecule has 0 fully saturated rings. The smallest absolute Gasteiger partial charge is 0.0485 e. The SMILES string of the molecule is NCCCS(=O)C1=CCC1. The Balaban J connectivity index is 2.21. The maximum Gasteiger partial charge on any atom is 0.0485 e. The molecule has 0 aromatic rings. The predicted octanol–water partition coefficient (Wildman–Crippen LogP) is 0.762. The third-order valence-electron chi connectivity index (χ3n) is 1.59. The molecule has 1 atom stereocenters. The normalized spacial score (nSPS) is 19.5. The largest absolute Gasteiger partial charge is 0.330 e. The van der Waals surface area contributed by atoms with Crippen LogP contribution in [0.15, 0.2) is 11.0 Å². The van der Waals surface area contributed by atoms with Crippen LogP contribution in [0.2, 0.25) is 0 Å². The van der Waals surface area contributed by atoms with E-state index < -0.39 is 10.8 Å². The van der Waals surface area contributed by atoms with Gasteiger partial charge in [0.05, 0.1) is 0 Å². The van der Waals surface area contributed by atoms with Crippen molar-refractivity contribution in [2.24, 2.45) is 5.73 Å². The summed E-state index contributed by atoms with van der Waals surface area (Å²) in [7, 11) is -0.697. The van der Waals surface area contributed by atoms with Crippen LogP contribution in [0.5, 0.6) is 0 Å². The van der Waals surface area contributed by atoms with Crippen LogP contribution >= 0.6 is 0 Å². The fourth-order valence-corrected chi connectivity index (χ4v) is 2.15. The number of hydrogen-bond donors (Lipinski definition) is 1. The van der Waals surface area contributed by atoms with Gasteiger partial charge < -0.3 is 5.73 Å². The van der Waals surface area contributed by atoms with Gasteiger partial charge in [-0.3, -0.25) is 4.21 Å². The second kappa shape index (κ2) is 3.88. The van der Waals surface area contributed by atoms with Crippen LogP contribution in [-0.2, 0) is 10.8 Å². The lowest BCUT2D eigenvalue weighted by molar-refractivity contribution is 0.680. The highest BCUT2D eigenvalue weighted by Gasteiger charge is 2.11. The molecule has 3 heteroatoms. The van der Waals surface area contributed by atoms with E-state index in [1.165, 1.54) is 0 Å². The summed E-state index contributed by atoms with van der Waals surface area (Å²) >= 11 is 0. The van der Waals surface area contributed by atoms with E-state index >= 15 is 0 Å². The van der Waals surface area contributed by atoms with Crippen molar-refractivity contribution in [3.63, 3.8) is 0 Å². The minimum atomic E-state index is -0.697. The van der Waals surface area contributed by atoms with Crippen molar-refractivity contribution < 1.29 is 4.21 Å². The average Bonchev–Trinajstić information content (AvgIpc) is 1.79. The molecule has 58 valence electrons. The number of allylic oxidation sites excluding steroid dienone is 2. The highest BCUT2D eigenvalue weighted by Crippen LogP contribution is 2.21. The molecule has 0 radical (unpaired) electrons. The van der Waals surface area contributed by atoms with Crippen molar-refractivity contribution in [1.29, 1.82) is 0 Å². The van der Waals surface area contributed by atoms with Crippen molar-refractivity contribution >= 4 is 10.8 Å². The summed E-state index contributed by atoms with van der Waals surface area (Å²) < 4.78 is 11.2. The third kappa shape index (κ3) is 1.92. The first-order valence-corrected chi connectivity index (χ1v) is 4.94. The summed E-state index contributed by atoms with van der Waals surface area (Å²) in [5, 5.41) is 0. The van der Waals surface area contributed by atoms with Crippen LogP contribution in [0, 0.1) is 0 Å². The molecular formula is C7H13NOS. The van der Waals surface area contributed by atoms with Gasteiger partial charge in [0.25, 0.3) is 0 Å². The molecule has 0 saturated carbocycles. The second-order valence-electron chi connectivity index (χ2n) is 2.40. The standard InChI is InChI=1S/C7H13NOS/c8-5-2-6-10(9)7-3-1-4-7/h3H,1-2,4-6,8H2. The van der Waals surface area contributed by atoms with Gasteiger partial charge in [0.15, 0.2) is 0 Å². The number of rotatable bonds is 4. The van der Waals surface area contributed by atoms with E-state index in [4.69, 9.17) is 5.73 Å². The molecule has 0 aromatic heterocycles. The van der Waals surface area contributed by atoms with Gasteiger partial charge in [-0.15, -0.1) is 0 Å². The molecule has 0 aliphatic heterocycles. The number of hydrogen-bond acceptors (Lipinski definition) is 2. The summed E-state index contributed by atoms with van der Waals surface area (Å²) in [5.41, 5.74) is 5.28. The lowest BCUT2D eigenvalue weighted by Gasteiger charge is -2.12. The zero-order chi connectivity index (χ0) is 7.40. The van der Waals surface area contributed by atoms with Crippen LogP contribution in [-0.4, -0.2) is 16.5 Å². The summed E-state index contributed by atoms with van der Waals surface area (Å²) in [4.78, 5) is 1.13. The quantitative estimate of drug-likeness (QED) is 0.658. The molecule has 2 N–H and O–H groups in total. The van der Waals surface area contributed by atoms with E-state index in [9.17, 15) is 4.21 Å². The van der Waals surface area contributed by atoms with E-state index in [-0.39, 0.29) is 0 Å². The maximum atomic E-state index is 11.2. The van der Waals surface area contributed by atoms with Crippen molar-refractivity contribution in [2.45, 2.75) is 19.3 Å². The Kier molecular flexibility index (Phi) is 3.09. The lowest BCUT2D eigenvalue weighted by Crippen LogP contribution is -2.09. The molecule has 0 aromatic carbocycles. The van der Waals surface area contributed by atoms with Gasteiger partial charge in [0.2, 0.25) is 0 Å². The first-order valence-electron chi connectivity index (χ1n) is 3.62. The Bertz CT molecular complexity index is 165. The zero-order valence-electron chi connectivity index (χ0n) is 6.01. The summed E-state index contributed by atoms with van der Waals surface area (Å²) in [6.45, 7) is 0.652. The Morgan fingerprint density at radius 3 is 2.80 bits per heavy atom. The van der Waals surface area contributed by atoms with Gasteiger partial charge in [0.1, 0.15) is 0 Å². The van der Waals surface area contributed by atoms with Crippen molar-refractivity contribution in [3.8, 4) is 0 Å². The van der Waals surface area contributed by atoms with E-state index in [2.05, 4.69) is 6.08 Å². The Morgan fingerprint density at radius 2 is 2.40 bits per heavy atom. The minimum Gasteiger partial charge on any atom is -0.330 e. The van der Waals surface area contributed by atoms with Crippen LogP contribution < -0.4 is 5.73 Å². The van der Waals surface area contributed by atoms with E-state index in [0.717, 1.165) is 29.9 Å². The molecule has 0 saturated heterocycles. The summed E-state index contributed by atoms with van der Waals surface area (Å²) in [6.07, 6.45) is 5.09. The second-order valence-corrected chi connectivity index (χ2v) is 4.02. The minimum absolute atomic E-state index is 0.652. The van der Waals surface area contributed by atoms with Crippen LogP contribution in [0.25, 0.3) is 0 Å². The van der Waals surface area contributed by atoms with Gasteiger partial charge in [-0.1, -0.05) is 6.08 Å². The molecule has 1 aliphatic carbocycles. The van der Waals surface area contributed by atoms with E-state index in [1.807, 2.05) is 0 Å². The third-order valence-corrected chi connectivity index (χ3v) is 3.20. The molecule has 0 bridgehead atoms. The number of nitrogens with two attached hydrogens (primary N) is 1.